The van der Waals surface area contributed by atoms with Crippen LogP contribution in [-0.2, 0) is 4.79 Å². The molecule has 1 aliphatic heterocycles. The van der Waals surface area contributed by atoms with Crippen LogP contribution >= 0.6 is 0 Å². The maximum atomic E-state index is 14.8. The first kappa shape index (κ1) is 25.7. The largest absolute Gasteiger partial charge is 0.476 e. The van der Waals surface area contributed by atoms with E-state index in [0.717, 1.165) is 50.1 Å². The van der Waals surface area contributed by atoms with E-state index in [0.29, 0.717) is 36.7 Å². The first-order chi connectivity index (χ1) is 18.4. The quantitative estimate of drug-likeness (QED) is 0.335. The Labute approximate surface area is 219 Å². The molecule has 200 valence electrons. The maximum Gasteiger partial charge on any atom is 0.252 e. The lowest BCUT2D eigenvalue weighted by molar-refractivity contribution is -0.128. The molecule has 2 aliphatic rings. The zero-order valence-corrected chi connectivity index (χ0v) is 21.1. The minimum absolute atomic E-state index is 0.0275. The topological polar surface area (TPSA) is 148 Å². The van der Waals surface area contributed by atoms with Crippen molar-refractivity contribution in [3.8, 4) is 5.88 Å². The number of carbonyl (C=O) groups excluding carboxylic acids is 2. The number of primary amides is 1. The van der Waals surface area contributed by atoms with Gasteiger partial charge < -0.3 is 31.7 Å². The average molecular weight is 522 g/mol. The SMILES string of the molecule is NC(=O)c1cc(F)c(NC2CCCCC2N)nc1Nc1ccc2nc(OCCN3CCCC3=O)ccc2c1. The van der Waals surface area contributed by atoms with Gasteiger partial charge in [-0.25, -0.2) is 14.4 Å². The van der Waals surface area contributed by atoms with E-state index in [1.54, 1.807) is 17.0 Å². The van der Waals surface area contributed by atoms with Gasteiger partial charge in [-0.2, -0.15) is 0 Å². The molecule has 11 heteroatoms. The molecule has 2 aromatic heterocycles. The molecule has 6 N–H and O–H groups in total. The van der Waals surface area contributed by atoms with E-state index in [4.69, 9.17) is 16.2 Å². The standard InChI is InChI=1S/C27H32FN7O3/c28-19-15-18(25(30)37)26(34-27(19)33-22-5-2-1-4-20(22)29)31-17-8-9-21-16(14-17)7-10-23(32-21)38-13-12-35-11-3-6-24(35)36/h7-10,14-15,20,22H,1-6,11-13,29H2,(H2,30,37)(H2,31,33,34). The second-order valence-electron chi connectivity index (χ2n) is 9.79. The van der Waals surface area contributed by atoms with Crippen LogP contribution in [-0.4, -0.2) is 58.5 Å². The smallest absolute Gasteiger partial charge is 0.252 e. The predicted molar refractivity (Wildman–Crippen MR) is 143 cm³/mol. The van der Waals surface area contributed by atoms with E-state index >= 15 is 0 Å². The van der Waals surface area contributed by atoms with Gasteiger partial charge in [0.25, 0.3) is 5.91 Å². The molecule has 1 saturated heterocycles. The summed E-state index contributed by atoms with van der Waals surface area (Å²) >= 11 is 0. The van der Waals surface area contributed by atoms with E-state index in [9.17, 15) is 14.0 Å². The van der Waals surface area contributed by atoms with Gasteiger partial charge in [-0.3, -0.25) is 9.59 Å². The van der Waals surface area contributed by atoms with Crippen molar-refractivity contribution in [2.24, 2.45) is 11.5 Å². The lowest BCUT2D eigenvalue weighted by Gasteiger charge is -2.30. The number of hydrogen-bond donors (Lipinski definition) is 4. The molecule has 2 atom stereocenters. The molecule has 5 rings (SSSR count). The highest BCUT2D eigenvalue weighted by molar-refractivity contribution is 5.99. The van der Waals surface area contributed by atoms with Crippen molar-refractivity contribution in [2.75, 3.05) is 30.3 Å². The average Bonchev–Trinajstić information content (AvgIpc) is 3.31. The van der Waals surface area contributed by atoms with E-state index in [1.807, 2.05) is 18.2 Å². The molecule has 2 fully saturated rings. The summed E-state index contributed by atoms with van der Waals surface area (Å²) in [7, 11) is 0. The number of pyridine rings is 2. The first-order valence-electron chi connectivity index (χ1n) is 13.0. The number of benzene rings is 1. The van der Waals surface area contributed by atoms with Gasteiger partial charge in [0.1, 0.15) is 12.4 Å². The highest BCUT2D eigenvalue weighted by atomic mass is 19.1. The van der Waals surface area contributed by atoms with Gasteiger partial charge in [0.15, 0.2) is 11.6 Å². The molecule has 0 spiro atoms. The van der Waals surface area contributed by atoms with Crippen molar-refractivity contribution in [2.45, 2.75) is 50.6 Å². The van der Waals surface area contributed by atoms with E-state index in [-0.39, 0.29) is 35.2 Å². The molecule has 10 nitrogen and oxygen atoms in total. The van der Waals surface area contributed by atoms with Gasteiger partial charge in [0.05, 0.1) is 17.6 Å². The van der Waals surface area contributed by atoms with Crippen LogP contribution < -0.4 is 26.8 Å². The number of aromatic nitrogens is 2. The first-order valence-corrected chi connectivity index (χ1v) is 13.0. The molecule has 1 aromatic carbocycles. The Kier molecular flexibility index (Phi) is 7.54. The summed E-state index contributed by atoms with van der Waals surface area (Å²) in [6.45, 7) is 1.69. The minimum Gasteiger partial charge on any atom is -0.476 e. The number of ether oxygens (including phenoxy) is 1. The highest BCUT2D eigenvalue weighted by Gasteiger charge is 2.24. The second-order valence-corrected chi connectivity index (χ2v) is 9.79. The number of halogens is 1. The summed E-state index contributed by atoms with van der Waals surface area (Å²) in [4.78, 5) is 34.5. The van der Waals surface area contributed by atoms with Crippen LogP contribution in [0.3, 0.4) is 0 Å². The Morgan fingerprint density at radius 2 is 1.95 bits per heavy atom. The van der Waals surface area contributed by atoms with Crippen molar-refractivity contribution < 1.29 is 18.7 Å². The summed E-state index contributed by atoms with van der Waals surface area (Å²) in [5, 5.41) is 7.04. The number of carbonyl (C=O) groups is 2. The number of hydrogen-bond acceptors (Lipinski definition) is 8. The van der Waals surface area contributed by atoms with Crippen LogP contribution in [0, 0.1) is 5.82 Å². The third-order valence-corrected chi connectivity index (χ3v) is 7.09. The Hall–Kier alpha value is -3.99. The van der Waals surface area contributed by atoms with Crippen LogP contribution in [0.5, 0.6) is 5.88 Å². The summed E-state index contributed by atoms with van der Waals surface area (Å²) in [5.74, 6) is -0.645. The molecular formula is C27H32FN7O3. The van der Waals surface area contributed by atoms with E-state index < -0.39 is 11.7 Å². The second kappa shape index (κ2) is 11.2. The van der Waals surface area contributed by atoms with E-state index in [2.05, 4.69) is 20.6 Å². The van der Waals surface area contributed by atoms with Crippen molar-refractivity contribution in [3.63, 3.8) is 0 Å². The van der Waals surface area contributed by atoms with Crippen molar-refractivity contribution in [3.05, 3.63) is 47.8 Å². The Morgan fingerprint density at radius 1 is 1.11 bits per heavy atom. The number of amides is 2. The van der Waals surface area contributed by atoms with Crippen LogP contribution in [0.4, 0.5) is 21.7 Å². The molecule has 1 saturated carbocycles. The summed E-state index contributed by atoms with van der Waals surface area (Å²) in [5.41, 5.74) is 13.0. The molecule has 2 unspecified atom stereocenters. The zero-order chi connectivity index (χ0) is 26.6. The van der Waals surface area contributed by atoms with Gasteiger partial charge in [-0.15, -0.1) is 0 Å². The van der Waals surface area contributed by atoms with Crippen molar-refractivity contribution in [1.82, 2.24) is 14.9 Å². The van der Waals surface area contributed by atoms with Gasteiger partial charge in [-0.1, -0.05) is 12.8 Å². The number of anilines is 3. The lowest BCUT2D eigenvalue weighted by atomic mass is 9.91. The number of nitrogens with one attached hydrogen (secondary N) is 2. The van der Waals surface area contributed by atoms with Gasteiger partial charge in [0, 0.05) is 42.2 Å². The Balaban J connectivity index is 1.31. The summed E-state index contributed by atoms with van der Waals surface area (Å²) < 4.78 is 20.6. The summed E-state index contributed by atoms with van der Waals surface area (Å²) in [6.07, 6.45) is 5.23. The molecule has 38 heavy (non-hydrogen) atoms. The maximum absolute atomic E-state index is 14.8. The third kappa shape index (κ3) is 5.77. The third-order valence-electron chi connectivity index (χ3n) is 7.09. The highest BCUT2D eigenvalue weighted by Crippen LogP contribution is 2.28. The number of nitrogens with zero attached hydrogens (tertiary/aromatic N) is 3. The molecule has 3 heterocycles. The fourth-order valence-corrected chi connectivity index (χ4v) is 4.99. The lowest BCUT2D eigenvalue weighted by Crippen LogP contribution is -2.43. The fraction of sp³-hybridized carbons (Fsp3) is 0.407. The van der Waals surface area contributed by atoms with Crippen LogP contribution in [0.25, 0.3) is 10.9 Å². The van der Waals surface area contributed by atoms with E-state index in [1.165, 1.54) is 0 Å². The zero-order valence-electron chi connectivity index (χ0n) is 21.1. The normalized spacial score (nSPS) is 19.5. The molecule has 1 aliphatic carbocycles. The molecule has 2 amide bonds. The Morgan fingerprint density at radius 3 is 2.71 bits per heavy atom. The number of fused-ring (bicyclic) bond motifs is 1. The van der Waals surface area contributed by atoms with Gasteiger partial charge in [-0.05, 0) is 49.6 Å². The minimum atomic E-state index is -0.792. The molecule has 0 bridgehead atoms. The van der Waals surface area contributed by atoms with Crippen LogP contribution in [0.1, 0.15) is 48.9 Å². The van der Waals surface area contributed by atoms with Crippen LogP contribution in [0.2, 0.25) is 0 Å². The van der Waals surface area contributed by atoms with Crippen molar-refractivity contribution in [1.29, 1.82) is 0 Å². The number of likely N-dealkylation sites (tertiary alicyclic amines) is 1. The fourth-order valence-electron chi connectivity index (χ4n) is 4.99. The molecular weight excluding hydrogens is 489 g/mol. The summed E-state index contributed by atoms with van der Waals surface area (Å²) in [6, 6.07) is 9.96. The monoisotopic (exact) mass is 521 g/mol. The molecule has 3 aromatic rings. The number of nitrogens with two attached hydrogens (primary N) is 2. The molecule has 0 radical (unpaired) electrons. The predicted octanol–water partition coefficient (Wildman–Crippen LogP) is 3.29. The number of rotatable bonds is 9. The van der Waals surface area contributed by atoms with Crippen LogP contribution in [0.15, 0.2) is 36.4 Å². The van der Waals surface area contributed by atoms with Gasteiger partial charge in [0.2, 0.25) is 11.8 Å². The van der Waals surface area contributed by atoms with Gasteiger partial charge >= 0.3 is 0 Å². The Bertz CT molecular complexity index is 1350. The van der Waals surface area contributed by atoms with Crippen molar-refractivity contribution >= 4 is 40.0 Å².